The molecule has 0 aliphatic carbocycles. The Labute approximate surface area is 114 Å². The molecule has 0 atom stereocenters. The van der Waals surface area contributed by atoms with Gasteiger partial charge in [-0.1, -0.05) is 12.1 Å². The van der Waals surface area contributed by atoms with Crippen LogP contribution < -0.4 is 5.32 Å². The van der Waals surface area contributed by atoms with Gasteiger partial charge in [-0.15, -0.1) is 0 Å². The molecule has 0 saturated heterocycles. The smallest absolute Gasteiger partial charge is 0.412 e. The Balaban J connectivity index is 2.23. The normalized spacial score (nSPS) is 11.6. The summed E-state index contributed by atoms with van der Waals surface area (Å²) in [5, 5.41) is 3.68. The van der Waals surface area contributed by atoms with Crippen molar-refractivity contribution in [3.05, 3.63) is 28.9 Å². The second-order valence-corrected chi connectivity index (χ2v) is 5.85. The molecule has 5 heteroatoms. The third-order valence-electron chi connectivity index (χ3n) is 2.30. The van der Waals surface area contributed by atoms with E-state index in [2.05, 4.69) is 26.2 Å². The van der Waals surface area contributed by atoms with E-state index < -0.39 is 11.7 Å². The van der Waals surface area contributed by atoms with Gasteiger partial charge in [-0.2, -0.15) is 0 Å². The molecule has 2 N–H and O–H groups in total. The standard InChI is InChI=1S/C13H15BrN2O2/c1-13(2,3)18-12(17)16-10-7-15-11-8(10)5-4-6-9(11)14/h4-7,15H,1-3H3,(H,16,17). The number of amides is 1. The summed E-state index contributed by atoms with van der Waals surface area (Å²) in [6, 6.07) is 5.79. The summed E-state index contributed by atoms with van der Waals surface area (Å²) in [4.78, 5) is 14.8. The van der Waals surface area contributed by atoms with Gasteiger partial charge in [0.05, 0.1) is 11.2 Å². The molecular weight excluding hydrogens is 296 g/mol. The van der Waals surface area contributed by atoms with Gasteiger partial charge in [0, 0.05) is 16.1 Å². The molecule has 0 unspecified atom stereocenters. The average Bonchev–Trinajstić information content (AvgIpc) is 2.60. The lowest BCUT2D eigenvalue weighted by Crippen LogP contribution is -2.27. The largest absolute Gasteiger partial charge is 0.444 e. The molecule has 0 spiro atoms. The number of aromatic amines is 1. The molecule has 2 aromatic rings. The van der Waals surface area contributed by atoms with Crippen LogP contribution in [0.15, 0.2) is 28.9 Å². The van der Waals surface area contributed by atoms with Gasteiger partial charge in [0.1, 0.15) is 5.60 Å². The molecule has 96 valence electrons. The second-order valence-electron chi connectivity index (χ2n) is 4.99. The maximum atomic E-state index is 11.7. The van der Waals surface area contributed by atoms with E-state index in [-0.39, 0.29) is 0 Å². The van der Waals surface area contributed by atoms with Crippen LogP contribution in [0, 0.1) is 0 Å². The van der Waals surface area contributed by atoms with Gasteiger partial charge in [0.25, 0.3) is 0 Å². The van der Waals surface area contributed by atoms with Crippen LogP contribution in [0.4, 0.5) is 10.5 Å². The van der Waals surface area contributed by atoms with E-state index >= 15 is 0 Å². The molecule has 4 nitrogen and oxygen atoms in total. The molecule has 0 fully saturated rings. The molecule has 0 aliphatic rings. The monoisotopic (exact) mass is 310 g/mol. The van der Waals surface area contributed by atoms with E-state index in [1.165, 1.54) is 0 Å². The minimum absolute atomic E-state index is 0.455. The number of para-hydroxylation sites is 1. The summed E-state index contributed by atoms with van der Waals surface area (Å²) in [7, 11) is 0. The van der Waals surface area contributed by atoms with Gasteiger partial charge in [-0.3, -0.25) is 5.32 Å². The lowest BCUT2D eigenvalue weighted by Gasteiger charge is -2.19. The average molecular weight is 311 g/mol. The molecule has 1 aromatic carbocycles. The van der Waals surface area contributed by atoms with Crippen LogP contribution >= 0.6 is 15.9 Å². The highest BCUT2D eigenvalue weighted by Crippen LogP contribution is 2.28. The molecule has 0 aliphatic heterocycles. The summed E-state index contributed by atoms with van der Waals surface area (Å²) in [5.74, 6) is 0. The van der Waals surface area contributed by atoms with Crippen LogP contribution in [-0.4, -0.2) is 16.7 Å². The van der Waals surface area contributed by atoms with Crippen LogP contribution in [0.3, 0.4) is 0 Å². The first-order valence-corrected chi connectivity index (χ1v) is 6.42. The van der Waals surface area contributed by atoms with Gasteiger partial charge >= 0.3 is 6.09 Å². The van der Waals surface area contributed by atoms with E-state index in [0.717, 1.165) is 15.4 Å². The zero-order valence-corrected chi connectivity index (χ0v) is 12.1. The topological polar surface area (TPSA) is 54.1 Å². The third kappa shape index (κ3) is 2.85. The fourth-order valence-electron chi connectivity index (χ4n) is 1.63. The van der Waals surface area contributed by atoms with Crippen LogP contribution in [0.5, 0.6) is 0 Å². The molecule has 18 heavy (non-hydrogen) atoms. The number of anilines is 1. The fraction of sp³-hybridized carbons (Fsp3) is 0.308. The molecule has 0 radical (unpaired) electrons. The van der Waals surface area contributed by atoms with Gasteiger partial charge < -0.3 is 9.72 Å². The summed E-state index contributed by atoms with van der Waals surface area (Å²) in [6.07, 6.45) is 1.29. The summed E-state index contributed by atoms with van der Waals surface area (Å²) >= 11 is 3.45. The van der Waals surface area contributed by atoms with Gasteiger partial charge in [-0.25, -0.2) is 4.79 Å². The zero-order chi connectivity index (χ0) is 13.3. The highest BCUT2D eigenvalue weighted by molar-refractivity contribution is 9.10. The van der Waals surface area contributed by atoms with Crippen LogP contribution in [0.25, 0.3) is 10.9 Å². The van der Waals surface area contributed by atoms with E-state index in [9.17, 15) is 4.79 Å². The van der Waals surface area contributed by atoms with Crippen molar-refractivity contribution in [3.8, 4) is 0 Å². The van der Waals surface area contributed by atoms with Gasteiger partial charge in [0.2, 0.25) is 0 Å². The Bertz CT molecular complexity index is 584. The van der Waals surface area contributed by atoms with Crippen molar-refractivity contribution in [2.24, 2.45) is 0 Å². The summed E-state index contributed by atoms with van der Waals surface area (Å²) < 4.78 is 6.17. The molecule has 0 bridgehead atoms. The molecule has 1 aromatic heterocycles. The summed E-state index contributed by atoms with van der Waals surface area (Å²) in [6.45, 7) is 5.50. The number of fused-ring (bicyclic) bond motifs is 1. The number of carbonyl (C=O) groups is 1. The van der Waals surface area contributed by atoms with Crippen molar-refractivity contribution >= 4 is 38.6 Å². The number of rotatable bonds is 1. The highest BCUT2D eigenvalue weighted by Gasteiger charge is 2.17. The first-order valence-electron chi connectivity index (χ1n) is 5.62. The minimum Gasteiger partial charge on any atom is -0.444 e. The highest BCUT2D eigenvalue weighted by atomic mass is 79.9. The fourth-order valence-corrected chi connectivity index (χ4v) is 2.12. The number of aromatic nitrogens is 1. The van der Waals surface area contributed by atoms with Crippen molar-refractivity contribution in [3.63, 3.8) is 0 Å². The third-order valence-corrected chi connectivity index (χ3v) is 2.96. The molecule has 1 heterocycles. The number of carbonyl (C=O) groups excluding carboxylic acids is 1. The molecule has 2 rings (SSSR count). The zero-order valence-electron chi connectivity index (χ0n) is 10.5. The maximum Gasteiger partial charge on any atom is 0.412 e. The van der Waals surface area contributed by atoms with E-state index in [0.29, 0.717) is 5.69 Å². The molecular formula is C13H15BrN2O2. The SMILES string of the molecule is CC(C)(C)OC(=O)Nc1c[nH]c2c(Br)cccc12. The van der Waals surface area contributed by atoms with E-state index in [1.54, 1.807) is 6.20 Å². The van der Waals surface area contributed by atoms with Crippen molar-refractivity contribution in [1.29, 1.82) is 0 Å². The lowest BCUT2D eigenvalue weighted by atomic mass is 10.2. The van der Waals surface area contributed by atoms with Gasteiger partial charge in [-0.05, 0) is 42.8 Å². The number of ether oxygens (including phenoxy) is 1. The predicted octanol–water partition coefficient (Wildman–Crippen LogP) is 4.28. The number of H-pyrrole nitrogens is 1. The first kappa shape index (κ1) is 13.0. The second kappa shape index (κ2) is 4.65. The van der Waals surface area contributed by atoms with Crippen LogP contribution in [-0.2, 0) is 4.74 Å². The Morgan fingerprint density at radius 2 is 2.11 bits per heavy atom. The first-order chi connectivity index (χ1) is 8.37. The van der Waals surface area contributed by atoms with Crippen molar-refractivity contribution in [2.75, 3.05) is 5.32 Å². The van der Waals surface area contributed by atoms with Gasteiger partial charge in [0.15, 0.2) is 0 Å². The number of hydrogen-bond acceptors (Lipinski definition) is 2. The Hall–Kier alpha value is -1.49. The number of nitrogens with one attached hydrogen (secondary N) is 2. The number of halogens is 1. The van der Waals surface area contributed by atoms with Crippen molar-refractivity contribution in [2.45, 2.75) is 26.4 Å². The lowest BCUT2D eigenvalue weighted by molar-refractivity contribution is 0.0636. The van der Waals surface area contributed by atoms with Crippen molar-refractivity contribution in [1.82, 2.24) is 4.98 Å². The number of hydrogen-bond donors (Lipinski definition) is 2. The quantitative estimate of drug-likeness (QED) is 0.826. The molecule has 1 amide bonds. The van der Waals surface area contributed by atoms with Crippen LogP contribution in [0.2, 0.25) is 0 Å². The number of benzene rings is 1. The van der Waals surface area contributed by atoms with E-state index in [4.69, 9.17) is 4.74 Å². The minimum atomic E-state index is -0.503. The van der Waals surface area contributed by atoms with Crippen molar-refractivity contribution < 1.29 is 9.53 Å². The summed E-state index contributed by atoms with van der Waals surface area (Å²) in [5.41, 5.74) is 1.15. The Morgan fingerprint density at radius 1 is 1.39 bits per heavy atom. The molecule has 0 saturated carbocycles. The predicted molar refractivity (Wildman–Crippen MR) is 75.9 cm³/mol. The Morgan fingerprint density at radius 3 is 2.78 bits per heavy atom. The Kier molecular flexibility index (Phi) is 3.34. The maximum absolute atomic E-state index is 11.7. The van der Waals surface area contributed by atoms with E-state index in [1.807, 2.05) is 39.0 Å². The van der Waals surface area contributed by atoms with Crippen LogP contribution in [0.1, 0.15) is 20.8 Å².